The number of carbonyl (C=O) groups is 4. The van der Waals surface area contributed by atoms with Crippen LogP contribution in [0.2, 0.25) is 0 Å². The molecule has 0 radical (unpaired) electrons. The van der Waals surface area contributed by atoms with Crippen LogP contribution in [-0.2, 0) is 14.3 Å². The Labute approximate surface area is 139 Å². The highest BCUT2D eigenvalue weighted by atomic mass is 16.5. The minimum Gasteiger partial charge on any atom is -0.451 e. The molecule has 0 aromatic heterocycles. The van der Waals surface area contributed by atoms with E-state index in [0.29, 0.717) is 5.56 Å². The number of amides is 4. The Morgan fingerprint density at radius 1 is 1.12 bits per heavy atom. The Balaban J connectivity index is 2.47. The molecule has 1 atom stereocenters. The van der Waals surface area contributed by atoms with Crippen LogP contribution in [0.4, 0.5) is 4.79 Å². The van der Waals surface area contributed by atoms with E-state index in [4.69, 9.17) is 4.74 Å². The van der Waals surface area contributed by atoms with E-state index in [1.54, 1.807) is 12.1 Å². The maximum atomic E-state index is 12.0. The van der Waals surface area contributed by atoms with E-state index in [9.17, 15) is 19.2 Å². The lowest BCUT2D eigenvalue weighted by atomic mass is 10.1. The van der Waals surface area contributed by atoms with Crippen LogP contribution in [0.15, 0.2) is 18.2 Å². The number of benzene rings is 1. The molecular formula is C16H21N3O5. The van der Waals surface area contributed by atoms with Crippen LogP contribution in [0.1, 0.15) is 28.4 Å². The fourth-order valence-corrected chi connectivity index (χ4v) is 1.71. The first-order valence-electron chi connectivity index (χ1n) is 7.32. The van der Waals surface area contributed by atoms with Crippen molar-refractivity contribution < 1.29 is 23.9 Å². The Morgan fingerprint density at radius 2 is 1.79 bits per heavy atom. The van der Waals surface area contributed by atoms with Crippen molar-refractivity contribution in [2.45, 2.75) is 26.9 Å². The quantitative estimate of drug-likeness (QED) is 0.675. The van der Waals surface area contributed by atoms with E-state index in [1.165, 1.54) is 14.0 Å². The first-order chi connectivity index (χ1) is 11.2. The summed E-state index contributed by atoms with van der Waals surface area (Å²) in [6, 6.07) is 4.48. The van der Waals surface area contributed by atoms with E-state index in [-0.39, 0.29) is 6.54 Å². The van der Waals surface area contributed by atoms with Gasteiger partial charge in [-0.1, -0.05) is 6.07 Å². The zero-order valence-electron chi connectivity index (χ0n) is 14.1. The van der Waals surface area contributed by atoms with Gasteiger partial charge < -0.3 is 15.4 Å². The standard InChI is InChI=1S/C16H21N3O5/c1-9-5-6-12(7-10(9)2)15(22)18-8-13(20)24-11(3)14(21)19-16(23)17-4/h5-7,11H,8H2,1-4H3,(H,18,22)(H2,17,19,21,23)/t11-/m1/s1. The van der Waals surface area contributed by atoms with Crippen LogP contribution < -0.4 is 16.0 Å². The Bertz CT molecular complexity index is 657. The van der Waals surface area contributed by atoms with Gasteiger partial charge in [0.25, 0.3) is 11.8 Å². The molecule has 1 aromatic rings. The second-order valence-corrected chi connectivity index (χ2v) is 5.18. The fourth-order valence-electron chi connectivity index (χ4n) is 1.71. The number of hydrogen-bond donors (Lipinski definition) is 3. The first-order valence-corrected chi connectivity index (χ1v) is 7.32. The molecule has 0 saturated carbocycles. The van der Waals surface area contributed by atoms with Crippen molar-refractivity contribution in [3.8, 4) is 0 Å². The smallest absolute Gasteiger partial charge is 0.326 e. The van der Waals surface area contributed by atoms with Gasteiger partial charge in [-0.2, -0.15) is 0 Å². The van der Waals surface area contributed by atoms with Crippen LogP contribution in [0.3, 0.4) is 0 Å². The van der Waals surface area contributed by atoms with Crippen LogP contribution in [0.25, 0.3) is 0 Å². The summed E-state index contributed by atoms with van der Waals surface area (Å²) >= 11 is 0. The number of aryl methyl sites for hydroxylation is 2. The molecule has 0 aliphatic rings. The molecule has 1 aromatic carbocycles. The highest BCUT2D eigenvalue weighted by Gasteiger charge is 2.20. The van der Waals surface area contributed by atoms with Crippen LogP contribution >= 0.6 is 0 Å². The monoisotopic (exact) mass is 335 g/mol. The maximum absolute atomic E-state index is 12.0. The predicted octanol–water partition coefficient (Wildman–Crippen LogP) is 0.421. The minimum atomic E-state index is -1.16. The number of imide groups is 1. The number of hydrogen-bond acceptors (Lipinski definition) is 5. The van der Waals surface area contributed by atoms with Gasteiger partial charge in [0.2, 0.25) is 0 Å². The molecule has 0 saturated heterocycles. The van der Waals surface area contributed by atoms with Gasteiger partial charge in [0.15, 0.2) is 6.10 Å². The van der Waals surface area contributed by atoms with Crippen molar-refractivity contribution in [2.24, 2.45) is 0 Å². The number of carbonyl (C=O) groups excluding carboxylic acids is 4. The summed E-state index contributed by atoms with van der Waals surface area (Å²) in [5.74, 6) is -1.97. The van der Waals surface area contributed by atoms with Gasteiger partial charge in [0.05, 0.1) is 0 Å². The third kappa shape index (κ3) is 5.71. The van der Waals surface area contributed by atoms with Gasteiger partial charge in [0.1, 0.15) is 6.54 Å². The molecule has 0 bridgehead atoms. The number of nitrogens with one attached hydrogen (secondary N) is 3. The van der Waals surface area contributed by atoms with E-state index in [1.807, 2.05) is 25.2 Å². The molecule has 0 heterocycles. The van der Waals surface area contributed by atoms with Gasteiger partial charge in [-0.3, -0.25) is 19.7 Å². The van der Waals surface area contributed by atoms with Gasteiger partial charge in [-0.05, 0) is 44.0 Å². The van der Waals surface area contributed by atoms with E-state index >= 15 is 0 Å². The molecule has 24 heavy (non-hydrogen) atoms. The second-order valence-electron chi connectivity index (χ2n) is 5.18. The molecule has 0 spiro atoms. The maximum Gasteiger partial charge on any atom is 0.326 e. The third-order valence-corrected chi connectivity index (χ3v) is 3.30. The summed E-state index contributed by atoms with van der Waals surface area (Å²) < 4.78 is 4.84. The average molecular weight is 335 g/mol. The minimum absolute atomic E-state index is 0.386. The highest BCUT2D eigenvalue weighted by molar-refractivity contribution is 5.98. The number of ether oxygens (including phenoxy) is 1. The van der Waals surface area contributed by atoms with E-state index in [2.05, 4.69) is 10.6 Å². The molecule has 3 N–H and O–H groups in total. The molecule has 0 aliphatic heterocycles. The Kier molecular flexibility index (Phi) is 6.91. The SMILES string of the molecule is CNC(=O)NC(=O)[C@@H](C)OC(=O)CNC(=O)c1ccc(C)c(C)c1. The lowest BCUT2D eigenvalue weighted by molar-refractivity contribution is -0.153. The average Bonchev–Trinajstić information content (AvgIpc) is 2.54. The lowest BCUT2D eigenvalue weighted by Gasteiger charge is -2.13. The third-order valence-electron chi connectivity index (χ3n) is 3.30. The molecule has 130 valence electrons. The van der Waals surface area contributed by atoms with Crippen molar-refractivity contribution in [3.63, 3.8) is 0 Å². The van der Waals surface area contributed by atoms with Crippen LogP contribution in [0.5, 0.6) is 0 Å². The highest BCUT2D eigenvalue weighted by Crippen LogP contribution is 2.09. The van der Waals surface area contributed by atoms with Gasteiger partial charge in [0, 0.05) is 12.6 Å². The molecule has 0 aliphatic carbocycles. The number of urea groups is 1. The topological polar surface area (TPSA) is 114 Å². The molecule has 1 rings (SSSR count). The molecule has 4 amide bonds. The van der Waals surface area contributed by atoms with Gasteiger partial charge >= 0.3 is 12.0 Å². The summed E-state index contributed by atoms with van der Waals surface area (Å²) in [6.45, 7) is 4.75. The predicted molar refractivity (Wildman–Crippen MR) is 86.4 cm³/mol. The molecule has 0 fully saturated rings. The summed E-state index contributed by atoms with van der Waals surface area (Å²) in [7, 11) is 1.35. The molecule has 8 heteroatoms. The molecule has 8 nitrogen and oxygen atoms in total. The summed E-state index contributed by atoms with van der Waals surface area (Å²) in [5.41, 5.74) is 2.45. The lowest BCUT2D eigenvalue weighted by Crippen LogP contribution is -2.44. The van der Waals surface area contributed by atoms with Crippen molar-refractivity contribution in [3.05, 3.63) is 34.9 Å². The van der Waals surface area contributed by atoms with Gasteiger partial charge in [-0.15, -0.1) is 0 Å². The second kappa shape index (κ2) is 8.66. The fraction of sp³-hybridized carbons (Fsp3) is 0.375. The zero-order chi connectivity index (χ0) is 18.3. The zero-order valence-corrected chi connectivity index (χ0v) is 14.1. The van der Waals surface area contributed by atoms with E-state index in [0.717, 1.165) is 11.1 Å². The number of esters is 1. The summed E-state index contributed by atoms with van der Waals surface area (Å²) in [6.07, 6.45) is -1.16. The summed E-state index contributed by atoms with van der Waals surface area (Å²) in [5, 5.41) is 6.60. The van der Waals surface area contributed by atoms with Crippen molar-refractivity contribution in [2.75, 3.05) is 13.6 Å². The molecule has 0 unspecified atom stereocenters. The Hall–Kier alpha value is -2.90. The molecular weight excluding hydrogens is 314 g/mol. The Morgan fingerprint density at radius 3 is 2.38 bits per heavy atom. The van der Waals surface area contributed by atoms with Crippen LogP contribution in [-0.4, -0.2) is 43.5 Å². The van der Waals surface area contributed by atoms with Crippen LogP contribution in [0, 0.1) is 13.8 Å². The number of rotatable bonds is 5. The largest absolute Gasteiger partial charge is 0.451 e. The van der Waals surface area contributed by atoms with Gasteiger partial charge in [-0.25, -0.2) is 4.79 Å². The normalized spacial score (nSPS) is 11.2. The van der Waals surface area contributed by atoms with E-state index < -0.39 is 29.9 Å². The van der Waals surface area contributed by atoms with Crippen molar-refractivity contribution in [1.82, 2.24) is 16.0 Å². The summed E-state index contributed by atoms with van der Waals surface area (Å²) in [4.78, 5) is 46.2. The first kappa shape index (κ1) is 19.1. The van der Waals surface area contributed by atoms with Crippen molar-refractivity contribution >= 4 is 23.8 Å². The van der Waals surface area contributed by atoms with Crippen molar-refractivity contribution in [1.29, 1.82) is 0 Å².